The first-order chi connectivity index (χ1) is 5.22. The van der Waals surface area contributed by atoms with Gasteiger partial charge in [0.15, 0.2) is 0 Å². The first-order valence-corrected chi connectivity index (χ1v) is 4.97. The molecule has 0 saturated carbocycles. The third-order valence-electron chi connectivity index (χ3n) is 2.52. The predicted molar refractivity (Wildman–Crippen MR) is 51.6 cm³/mol. The molecule has 0 saturated heterocycles. The van der Waals surface area contributed by atoms with Crippen molar-refractivity contribution in [2.45, 2.75) is 58.9 Å². The summed E-state index contributed by atoms with van der Waals surface area (Å²) in [5.74, 6) is 0.701. The lowest BCUT2D eigenvalue weighted by Crippen LogP contribution is -2.27. The first kappa shape index (κ1) is 11.0. The molecule has 0 aliphatic carbocycles. The van der Waals surface area contributed by atoms with Crippen molar-refractivity contribution in [3.05, 3.63) is 0 Å². The summed E-state index contributed by atoms with van der Waals surface area (Å²) in [4.78, 5) is 0. The molecule has 2 atom stereocenters. The van der Waals surface area contributed by atoms with Gasteiger partial charge in [0.25, 0.3) is 0 Å². The summed E-state index contributed by atoms with van der Waals surface area (Å²) in [6, 6.07) is 0.437. The summed E-state index contributed by atoms with van der Waals surface area (Å²) in [6.07, 6.45) is 6.37. The standard InChI is InChI=1S/C10H23N/c1-4-6-7-8-10(11)9(3)5-2/h9-10H,4-8,11H2,1-3H3. The van der Waals surface area contributed by atoms with Crippen molar-refractivity contribution in [2.24, 2.45) is 11.7 Å². The minimum Gasteiger partial charge on any atom is -0.327 e. The second kappa shape index (κ2) is 6.66. The molecule has 2 N–H and O–H groups in total. The highest BCUT2D eigenvalue weighted by molar-refractivity contribution is 4.67. The zero-order valence-corrected chi connectivity index (χ0v) is 8.27. The molecule has 68 valence electrons. The number of hydrogen-bond acceptors (Lipinski definition) is 1. The Morgan fingerprint density at radius 2 is 1.82 bits per heavy atom. The summed E-state index contributed by atoms with van der Waals surface area (Å²) in [5, 5.41) is 0. The van der Waals surface area contributed by atoms with Crippen molar-refractivity contribution >= 4 is 0 Å². The smallest absolute Gasteiger partial charge is 0.00644 e. The molecule has 0 heterocycles. The topological polar surface area (TPSA) is 26.0 Å². The van der Waals surface area contributed by atoms with Crippen LogP contribution >= 0.6 is 0 Å². The maximum atomic E-state index is 5.97. The van der Waals surface area contributed by atoms with Crippen LogP contribution in [0.5, 0.6) is 0 Å². The predicted octanol–water partition coefficient (Wildman–Crippen LogP) is 2.94. The Kier molecular flexibility index (Phi) is 6.63. The molecule has 0 radical (unpaired) electrons. The second-order valence-corrected chi connectivity index (χ2v) is 3.55. The molecular weight excluding hydrogens is 134 g/mol. The average Bonchev–Trinajstić information content (AvgIpc) is 2.03. The van der Waals surface area contributed by atoms with E-state index in [1.165, 1.54) is 32.1 Å². The quantitative estimate of drug-likeness (QED) is 0.589. The van der Waals surface area contributed by atoms with Gasteiger partial charge in [0.1, 0.15) is 0 Å². The summed E-state index contributed by atoms with van der Waals surface area (Å²) in [6.45, 7) is 6.69. The van der Waals surface area contributed by atoms with Gasteiger partial charge in [-0.2, -0.15) is 0 Å². The molecule has 0 aliphatic rings. The third-order valence-corrected chi connectivity index (χ3v) is 2.52. The molecule has 0 aromatic carbocycles. The van der Waals surface area contributed by atoms with E-state index in [4.69, 9.17) is 5.73 Å². The molecule has 0 aromatic rings. The Morgan fingerprint density at radius 1 is 1.18 bits per heavy atom. The fourth-order valence-corrected chi connectivity index (χ4v) is 1.22. The summed E-state index contributed by atoms with van der Waals surface area (Å²) < 4.78 is 0. The molecule has 0 spiro atoms. The average molecular weight is 157 g/mol. The van der Waals surface area contributed by atoms with Crippen molar-refractivity contribution < 1.29 is 0 Å². The van der Waals surface area contributed by atoms with Crippen LogP contribution in [0.15, 0.2) is 0 Å². The van der Waals surface area contributed by atoms with Gasteiger partial charge < -0.3 is 5.73 Å². The monoisotopic (exact) mass is 157 g/mol. The largest absolute Gasteiger partial charge is 0.327 e. The lowest BCUT2D eigenvalue weighted by molar-refractivity contribution is 0.406. The molecule has 11 heavy (non-hydrogen) atoms. The van der Waals surface area contributed by atoms with Crippen molar-refractivity contribution in [2.75, 3.05) is 0 Å². The molecule has 1 nitrogen and oxygen atoms in total. The highest BCUT2D eigenvalue weighted by Crippen LogP contribution is 2.11. The molecule has 0 rings (SSSR count). The van der Waals surface area contributed by atoms with Crippen molar-refractivity contribution in [1.82, 2.24) is 0 Å². The van der Waals surface area contributed by atoms with Crippen LogP contribution < -0.4 is 5.73 Å². The number of unbranched alkanes of at least 4 members (excludes halogenated alkanes) is 2. The van der Waals surface area contributed by atoms with Gasteiger partial charge >= 0.3 is 0 Å². The van der Waals surface area contributed by atoms with Gasteiger partial charge in [-0.3, -0.25) is 0 Å². The molecule has 0 bridgehead atoms. The summed E-state index contributed by atoms with van der Waals surface area (Å²) in [7, 11) is 0. The van der Waals surface area contributed by atoms with E-state index >= 15 is 0 Å². The van der Waals surface area contributed by atoms with Crippen molar-refractivity contribution in [1.29, 1.82) is 0 Å². The Balaban J connectivity index is 3.28. The van der Waals surface area contributed by atoms with Crippen LogP contribution in [0.2, 0.25) is 0 Å². The van der Waals surface area contributed by atoms with E-state index in [1.807, 2.05) is 0 Å². The van der Waals surface area contributed by atoms with Gasteiger partial charge in [0.2, 0.25) is 0 Å². The summed E-state index contributed by atoms with van der Waals surface area (Å²) in [5.41, 5.74) is 5.97. The maximum absolute atomic E-state index is 5.97. The van der Waals surface area contributed by atoms with Crippen LogP contribution in [-0.4, -0.2) is 6.04 Å². The van der Waals surface area contributed by atoms with Crippen LogP contribution in [-0.2, 0) is 0 Å². The lowest BCUT2D eigenvalue weighted by atomic mass is 9.95. The van der Waals surface area contributed by atoms with Crippen LogP contribution in [0.3, 0.4) is 0 Å². The van der Waals surface area contributed by atoms with Crippen molar-refractivity contribution in [3.8, 4) is 0 Å². The van der Waals surface area contributed by atoms with E-state index in [2.05, 4.69) is 20.8 Å². The second-order valence-electron chi connectivity index (χ2n) is 3.55. The van der Waals surface area contributed by atoms with E-state index < -0.39 is 0 Å². The van der Waals surface area contributed by atoms with Crippen LogP contribution in [0.4, 0.5) is 0 Å². The Labute approximate surface area is 71.4 Å². The van der Waals surface area contributed by atoms with Crippen LogP contribution in [0, 0.1) is 5.92 Å². The van der Waals surface area contributed by atoms with Crippen LogP contribution in [0.1, 0.15) is 52.9 Å². The number of nitrogens with two attached hydrogens (primary N) is 1. The molecule has 0 aliphatic heterocycles. The Morgan fingerprint density at radius 3 is 2.27 bits per heavy atom. The SMILES string of the molecule is CCCCCC(N)C(C)CC. The summed E-state index contributed by atoms with van der Waals surface area (Å²) >= 11 is 0. The Hall–Kier alpha value is -0.0400. The van der Waals surface area contributed by atoms with Gasteiger partial charge in [-0.25, -0.2) is 0 Å². The molecule has 1 heteroatoms. The fraction of sp³-hybridized carbons (Fsp3) is 1.00. The number of hydrogen-bond donors (Lipinski definition) is 1. The highest BCUT2D eigenvalue weighted by Gasteiger charge is 2.08. The first-order valence-electron chi connectivity index (χ1n) is 4.97. The lowest BCUT2D eigenvalue weighted by Gasteiger charge is -2.17. The maximum Gasteiger partial charge on any atom is 0.00644 e. The third kappa shape index (κ3) is 5.25. The van der Waals surface area contributed by atoms with Gasteiger partial charge in [-0.1, -0.05) is 46.5 Å². The molecular formula is C10H23N. The zero-order chi connectivity index (χ0) is 8.69. The molecule has 0 fully saturated rings. The van der Waals surface area contributed by atoms with Gasteiger partial charge in [-0.15, -0.1) is 0 Å². The fourth-order valence-electron chi connectivity index (χ4n) is 1.22. The van der Waals surface area contributed by atoms with E-state index in [0.29, 0.717) is 12.0 Å². The van der Waals surface area contributed by atoms with E-state index in [9.17, 15) is 0 Å². The zero-order valence-electron chi connectivity index (χ0n) is 8.27. The van der Waals surface area contributed by atoms with Crippen LogP contribution in [0.25, 0.3) is 0 Å². The normalized spacial score (nSPS) is 16.4. The Bertz CT molecular complexity index is 80.9. The van der Waals surface area contributed by atoms with Gasteiger partial charge in [-0.05, 0) is 12.3 Å². The minimum absolute atomic E-state index is 0.437. The van der Waals surface area contributed by atoms with E-state index in [-0.39, 0.29) is 0 Å². The number of rotatable bonds is 6. The minimum atomic E-state index is 0.437. The highest BCUT2D eigenvalue weighted by atomic mass is 14.6. The molecule has 0 amide bonds. The van der Waals surface area contributed by atoms with Crippen molar-refractivity contribution in [3.63, 3.8) is 0 Å². The van der Waals surface area contributed by atoms with Gasteiger partial charge in [0.05, 0.1) is 0 Å². The van der Waals surface area contributed by atoms with E-state index in [1.54, 1.807) is 0 Å². The van der Waals surface area contributed by atoms with E-state index in [0.717, 1.165) is 0 Å². The van der Waals surface area contributed by atoms with Gasteiger partial charge in [0, 0.05) is 6.04 Å². The molecule has 2 unspecified atom stereocenters. The molecule has 0 aromatic heterocycles.